The van der Waals surface area contributed by atoms with Crippen LogP contribution in [0.4, 0.5) is 5.69 Å². The molecule has 0 unspecified atom stereocenters. The van der Waals surface area contributed by atoms with Crippen LogP contribution in [0.1, 0.15) is 11.5 Å². The highest BCUT2D eigenvalue weighted by Gasteiger charge is 2.14. The number of rotatable bonds is 2. The van der Waals surface area contributed by atoms with E-state index in [0.717, 1.165) is 11.3 Å². The number of ether oxygens (including phenoxy) is 1. The standard InChI is InChI=1S/C13H14ClN3O/c1-7-12(15)13(17-8(2)16-7)10-6-9(14)4-5-11(10)18-3/h4-6H,15H2,1-3H3. The van der Waals surface area contributed by atoms with Gasteiger partial charge >= 0.3 is 0 Å². The van der Waals surface area contributed by atoms with Gasteiger partial charge in [-0.25, -0.2) is 9.97 Å². The van der Waals surface area contributed by atoms with E-state index in [0.29, 0.717) is 28.0 Å². The summed E-state index contributed by atoms with van der Waals surface area (Å²) in [4.78, 5) is 8.61. The number of nitrogens with zero attached hydrogens (tertiary/aromatic N) is 2. The van der Waals surface area contributed by atoms with E-state index in [2.05, 4.69) is 9.97 Å². The predicted molar refractivity (Wildman–Crippen MR) is 72.9 cm³/mol. The predicted octanol–water partition coefficient (Wildman–Crippen LogP) is 3.00. The van der Waals surface area contributed by atoms with E-state index in [1.54, 1.807) is 25.3 Å². The molecule has 1 aromatic carbocycles. The molecule has 0 aliphatic carbocycles. The minimum atomic E-state index is 0.543. The van der Waals surface area contributed by atoms with E-state index < -0.39 is 0 Å². The van der Waals surface area contributed by atoms with Crippen molar-refractivity contribution in [3.8, 4) is 17.0 Å². The Labute approximate surface area is 111 Å². The summed E-state index contributed by atoms with van der Waals surface area (Å²) >= 11 is 6.02. The maximum Gasteiger partial charge on any atom is 0.128 e. The molecule has 0 aliphatic heterocycles. The number of nitrogens with two attached hydrogens (primary N) is 1. The van der Waals surface area contributed by atoms with Crippen LogP contribution in [-0.2, 0) is 0 Å². The third-order valence-electron chi connectivity index (χ3n) is 2.66. The molecule has 0 bridgehead atoms. The van der Waals surface area contributed by atoms with Crippen LogP contribution in [0.25, 0.3) is 11.3 Å². The summed E-state index contributed by atoms with van der Waals surface area (Å²) in [6.07, 6.45) is 0. The van der Waals surface area contributed by atoms with E-state index in [1.807, 2.05) is 13.8 Å². The van der Waals surface area contributed by atoms with Crippen LogP contribution in [0, 0.1) is 13.8 Å². The number of aromatic nitrogens is 2. The number of hydrogen-bond acceptors (Lipinski definition) is 4. The monoisotopic (exact) mass is 263 g/mol. The molecule has 5 heteroatoms. The molecule has 1 aromatic heterocycles. The molecule has 94 valence electrons. The molecule has 18 heavy (non-hydrogen) atoms. The summed E-state index contributed by atoms with van der Waals surface area (Å²) in [6.45, 7) is 3.68. The van der Waals surface area contributed by atoms with Crippen LogP contribution in [0.3, 0.4) is 0 Å². The highest BCUT2D eigenvalue weighted by atomic mass is 35.5. The van der Waals surface area contributed by atoms with Crippen molar-refractivity contribution in [3.05, 3.63) is 34.7 Å². The molecule has 0 atom stereocenters. The van der Waals surface area contributed by atoms with Crippen LogP contribution < -0.4 is 10.5 Å². The fraction of sp³-hybridized carbons (Fsp3) is 0.231. The Hall–Kier alpha value is -1.81. The molecule has 0 radical (unpaired) electrons. The summed E-state index contributed by atoms with van der Waals surface area (Å²) in [7, 11) is 1.60. The molecule has 2 N–H and O–H groups in total. The number of anilines is 1. The third kappa shape index (κ3) is 2.24. The maximum atomic E-state index is 6.03. The first-order valence-corrected chi connectivity index (χ1v) is 5.85. The van der Waals surface area contributed by atoms with Crippen molar-refractivity contribution in [2.45, 2.75) is 13.8 Å². The zero-order chi connectivity index (χ0) is 13.3. The van der Waals surface area contributed by atoms with Crippen LogP contribution in [0.2, 0.25) is 5.02 Å². The first kappa shape index (κ1) is 12.6. The second kappa shape index (κ2) is 4.82. The Morgan fingerprint density at radius 1 is 1.22 bits per heavy atom. The first-order valence-electron chi connectivity index (χ1n) is 5.47. The number of benzene rings is 1. The summed E-state index contributed by atoms with van der Waals surface area (Å²) < 4.78 is 5.31. The van der Waals surface area contributed by atoms with Crippen LogP contribution in [0.15, 0.2) is 18.2 Å². The van der Waals surface area contributed by atoms with Crippen molar-refractivity contribution >= 4 is 17.3 Å². The Morgan fingerprint density at radius 3 is 2.61 bits per heavy atom. The summed E-state index contributed by atoms with van der Waals surface area (Å²) in [5.41, 5.74) is 8.75. The van der Waals surface area contributed by atoms with Gasteiger partial charge in [-0.2, -0.15) is 0 Å². The third-order valence-corrected chi connectivity index (χ3v) is 2.90. The van der Waals surface area contributed by atoms with Crippen molar-refractivity contribution in [1.82, 2.24) is 9.97 Å². The number of halogens is 1. The van der Waals surface area contributed by atoms with Crippen molar-refractivity contribution in [3.63, 3.8) is 0 Å². The molecule has 0 saturated carbocycles. The topological polar surface area (TPSA) is 61.0 Å². The van der Waals surface area contributed by atoms with Crippen molar-refractivity contribution in [2.24, 2.45) is 0 Å². The number of aryl methyl sites for hydroxylation is 2. The quantitative estimate of drug-likeness (QED) is 0.905. The number of hydrogen-bond donors (Lipinski definition) is 1. The smallest absolute Gasteiger partial charge is 0.128 e. The van der Waals surface area contributed by atoms with Gasteiger partial charge in [-0.3, -0.25) is 0 Å². The fourth-order valence-corrected chi connectivity index (χ4v) is 1.96. The molecule has 0 saturated heterocycles. The first-order chi connectivity index (χ1) is 8.52. The lowest BCUT2D eigenvalue weighted by Gasteiger charge is -2.12. The Morgan fingerprint density at radius 2 is 1.94 bits per heavy atom. The molecule has 4 nitrogen and oxygen atoms in total. The molecule has 1 heterocycles. The van der Waals surface area contributed by atoms with Gasteiger partial charge in [0, 0.05) is 10.6 Å². The largest absolute Gasteiger partial charge is 0.496 e. The highest BCUT2D eigenvalue weighted by Crippen LogP contribution is 2.35. The maximum absolute atomic E-state index is 6.03. The molecule has 0 amide bonds. The van der Waals surface area contributed by atoms with Crippen molar-refractivity contribution in [1.29, 1.82) is 0 Å². The molecule has 2 aromatic rings. The van der Waals surface area contributed by atoms with Gasteiger partial charge in [0.1, 0.15) is 17.3 Å². The van der Waals surface area contributed by atoms with Crippen molar-refractivity contribution in [2.75, 3.05) is 12.8 Å². The number of methoxy groups -OCH3 is 1. The van der Waals surface area contributed by atoms with Crippen LogP contribution >= 0.6 is 11.6 Å². The SMILES string of the molecule is COc1ccc(Cl)cc1-c1nc(C)nc(C)c1N. The lowest BCUT2D eigenvalue weighted by atomic mass is 10.1. The Kier molecular flexibility index (Phi) is 3.39. The van der Waals surface area contributed by atoms with E-state index in [-0.39, 0.29) is 0 Å². The lowest BCUT2D eigenvalue weighted by Crippen LogP contribution is -2.03. The van der Waals surface area contributed by atoms with E-state index in [1.165, 1.54) is 0 Å². The fourth-order valence-electron chi connectivity index (χ4n) is 1.79. The summed E-state index contributed by atoms with van der Waals surface area (Å²) in [5, 5.41) is 0.610. The second-order valence-corrected chi connectivity index (χ2v) is 4.40. The van der Waals surface area contributed by atoms with E-state index in [4.69, 9.17) is 22.1 Å². The van der Waals surface area contributed by atoms with Crippen LogP contribution in [0.5, 0.6) is 5.75 Å². The molecule has 0 fully saturated rings. The van der Waals surface area contributed by atoms with Crippen LogP contribution in [-0.4, -0.2) is 17.1 Å². The van der Waals surface area contributed by atoms with Gasteiger partial charge in [0.25, 0.3) is 0 Å². The van der Waals surface area contributed by atoms with Gasteiger partial charge in [0.05, 0.1) is 18.5 Å². The van der Waals surface area contributed by atoms with Gasteiger partial charge < -0.3 is 10.5 Å². The van der Waals surface area contributed by atoms with Gasteiger partial charge in [-0.05, 0) is 32.0 Å². The molecule has 0 aliphatic rings. The summed E-state index contributed by atoms with van der Waals surface area (Å²) in [6, 6.07) is 5.35. The minimum absolute atomic E-state index is 0.543. The lowest BCUT2D eigenvalue weighted by molar-refractivity contribution is 0.416. The van der Waals surface area contributed by atoms with E-state index >= 15 is 0 Å². The average Bonchev–Trinajstić information content (AvgIpc) is 2.33. The molecular formula is C13H14ClN3O. The van der Waals surface area contributed by atoms with E-state index in [9.17, 15) is 0 Å². The molecule has 0 spiro atoms. The van der Waals surface area contributed by atoms with Gasteiger partial charge in [-0.15, -0.1) is 0 Å². The zero-order valence-corrected chi connectivity index (χ0v) is 11.2. The number of nitrogen functional groups attached to an aromatic ring is 1. The van der Waals surface area contributed by atoms with Gasteiger partial charge in [0.2, 0.25) is 0 Å². The average molecular weight is 264 g/mol. The Balaban J connectivity index is 2.72. The summed E-state index contributed by atoms with van der Waals surface area (Å²) in [5.74, 6) is 1.35. The normalized spacial score (nSPS) is 10.4. The highest BCUT2D eigenvalue weighted by molar-refractivity contribution is 6.31. The molecule has 2 rings (SSSR count). The van der Waals surface area contributed by atoms with Gasteiger partial charge in [0.15, 0.2) is 0 Å². The zero-order valence-electron chi connectivity index (χ0n) is 10.5. The second-order valence-electron chi connectivity index (χ2n) is 3.96. The van der Waals surface area contributed by atoms with Gasteiger partial charge in [-0.1, -0.05) is 11.6 Å². The van der Waals surface area contributed by atoms with Crippen molar-refractivity contribution < 1.29 is 4.74 Å². The Bertz CT molecular complexity index is 599. The molecular weight excluding hydrogens is 250 g/mol. The minimum Gasteiger partial charge on any atom is -0.496 e.